The molecule has 25 heavy (non-hydrogen) atoms. The molecule has 0 saturated heterocycles. The van der Waals surface area contributed by atoms with Crippen molar-refractivity contribution in [2.24, 2.45) is 0 Å². The van der Waals surface area contributed by atoms with E-state index in [1.807, 2.05) is 31.1 Å². The Morgan fingerprint density at radius 3 is 2.16 bits per heavy atom. The molecule has 2 aromatic rings. The molecule has 0 spiro atoms. The number of alkyl halides is 3. The monoisotopic (exact) mass is 352 g/mol. The first-order valence-corrected chi connectivity index (χ1v) is 7.63. The molecule has 0 aliphatic heterocycles. The lowest BCUT2D eigenvalue weighted by atomic mass is 10.2. The van der Waals surface area contributed by atoms with Crippen molar-refractivity contribution >= 4 is 11.6 Å². The highest BCUT2D eigenvalue weighted by molar-refractivity contribution is 5.94. The first kappa shape index (κ1) is 18.6. The number of halogens is 3. The summed E-state index contributed by atoms with van der Waals surface area (Å²) >= 11 is 0. The Morgan fingerprint density at radius 1 is 1.04 bits per heavy atom. The van der Waals surface area contributed by atoms with Gasteiger partial charge in [-0.1, -0.05) is 0 Å². The molecule has 0 unspecified atom stereocenters. The molecule has 7 heteroatoms. The molecule has 0 heterocycles. The predicted octanol–water partition coefficient (Wildman–Crippen LogP) is 3.58. The lowest BCUT2D eigenvalue weighted by molar-refractivity contribution is -0.137. The van der Waals surface area contributed by atoms with Gasteiger partial charge in [-0.2, -0.15) is 13.2 Å². The molecule has 2 aromatic carbocycles. The zero-order valence-electron chi connectivity index (χ0n) is 13.9. The Balaban J connectivity index is 1.78. The number of hydrogen-bond acceptors (Lipinski definition) is 3. The van der Waals surface area contributed by atoms with Crippen LogP contribution in [0.5, 0.6) is 5.75 Å². The van der Waals surface area contributed by atoms with Crippen LogP contribution < -0.4 is 15.0 Å². The SMILES string of the molecule is CN(C)c1ccc(C(=O)NCCOc2ccc(C(F)(F)F)cc2)cc1. The number of nitrogens with one attached hydrogen (secondary N) is 1. The summed E-state index contributed by atoms with van der Waals surface area (Å²) in [5.41, 5.74) is 0.789. The molecule has 4 nitrogen and oxygen atoms in total. The van der Waals surface area contributed by atoms with Crippen LogP contribution in [0.3, 0.4) is 0 Å². The number of anilines is 1. The van der Waals surface area contributed by atoms with Gasteiger partial charge in [0.15, 0.2) is 0 Å². The van der Waals surface area contributed by atoms with E-state index in [2.05, 4.69) is 5.32 Å². The smallest absolute Gasteiger partial charge is 0.416 e. The van der Waals surface area contributed by atoms with Crippen LogP contribution in [0.1, 0.15) is 15.9 Å². The number of hydrogen-bond donors (Lipinski definition) is 1. The summed E-state index contributed by atoms with van der Waals surface area (Å²) in [6.07, 6.45) is -4.37. The largest absolute Gasteiger partial charge is 0.492 e. The van der Waals surface area contributed by atoms with Gasteiger partial charge >= 0.3 is 6.18 Å². The second kappa shape index (κ2) is 7.92. The molecule has 0 atom stereocenters. The van der Waals surface area contributed by atoms with Gasteiger partial charge in [0.05, 0.1) is 12.1 Å². The first-order chi connectivity index (χ1) is 11.8. The molecule has 0 bridgehead atoms. The molecule has 0 radical (unpaired) electrons. The molecule has 1 N–H and O–H groups in total. The van der Waals surface area contributed by atoms with E-state index in [1.165, 1.54) is 12.1 Å². The highest BCUT2D eigenvalue weighted by Crippen LogP contribution is 2.30. The van der Waals surface area contributed by atoms with Gasteiger partial charge in [0.25, 0.3) is 5.91 Å². The summed E-state index contributed by atoms with van der Waals surface area (Å²) < 4.78 is 42.7. The van der Waals surface area contributed by atoms with Gasteiger partial charge < -0.3 is 15.0 Å². The Kier molecular flexibility index (Phi) is 5.90. The molecule has 1 amide bonds. The molecule has 0 fully saturated rings. The van der Waals surface area contributed by atoms with Crippen molar-refractivity contribution in [2.75, 3.05) is 32.1 Å². The highest BCUT2D eigenvalue weighted by Gasteiger charge is 2.29. The zero-order valence-corrected chi connectivity index (χ0v) is 13.9. The van der Waals surface area contributed by atoms with E-state index in [0.717, 1.165) is 17.8 Å². The molecule has 0 aliphatic carbocycles. The van der Waals surface area contributed by atoms with Crippen molar-refractivity contribution < 1.29 is 22.7 Å². The summed E-state index contributed by atoms with van der Waals surface area (Å²) in [4.78, 5) is 13.9. The fourth-order valence-electron chi connectivity index (χ4n) is 2.09. The lowest BCUT2D eigenvalue weighted by Gasteiger charge is -2.13. The molecular formula is C18H19F3N2O2. The summed E-state index contributed by atoms with van der Waals surface area (Å²) in [7, 11) is 3.82. The number of amides is 1. The molecule has 0 aliphatic rings. The van der Waals surface area contributed by atoms with E-state index in [-0.39, 0.29) is 19.1 Å². The summed E-state index contributed by atoms with van der Waals surface area (Å²) in [5.74, 6) is 0.0823. The van der Waals surface area contributed by atoms with Crippen molar-refractivity contribution in [2.45, 2.75) is 6.18 Å². The van der Waals surface area contributed by atoms with Crippen LogP contribution in [0.25, 0.3) is 0 Å². The van der Waals surface area contributed by atoms with E-state index in [9.17, 15) is 18.0 Å². The minimum absolute atomic E-state index is 0.160. The molecular weight excluding hydrogens is 333 g/mol. The normalized spacial score (nSPS) is 11.1. The third-order valence-corrected chi connectivity index (χ3v) is 3.48. The van der Waals surface area contributed by atoms with Crippen LogP contribution in [0.4, 0.5) is 18.9 Å². The fraction of sp³-hybridized carbons (Fsp3) is 0.278. The summed E-state index contributed by atoms with van der Waals surface area (Å²) in [6.45, 7) is 0.405. The quantitative estimate of drug-likeness (QED) is 0.808. The second-order valence-electron chi connectivity index (χ2n) is 5.57. The molecule has 0 aromatic heterocycles. The Bertz CT molecular complexity index is 696. The second-order valence-corrected chi connectivity index (χ2v) is 5.57. The van der Waals surface area contributed by atoms with Crippen molar-refractivity contribution in [3.63, 3.8) is 0 Å². The number of nitrogens with zero attached hydrogens (tertiary/aromatic N) is 1. The number of ether oxygens (including phenoxy) is 1. The fourth-order valence-corrected chi connectivity index (χ4v) is 2.09. The van der Waals surface area contributed by atoms with Crippen LogP contribution >= 0.6 is 0 Å². The predicted molar refractivity (Wildman–Crippen MR) is 90.0 cm³/mol. The number of rotatable bonds is 6. The van der Waals surface area contributed by atoms with Crippen LogP contribution in [-0.2, 0) is 6.18 Å². The minimum Gasteiger partial charge on any atom is -0.492 e. The summed E-state index contributed by atoms with van der Waals surface area (Å²) in [6, 6.07) is 11.6. The molecule has 0 saturated carbocycles. The highest BCUT2D eigenvalue weighted by atomic mass is 19.4. The topological polar surface area (TPSA) is 41.6 Å². The Hall–Kier alpha value is -2.70. The van der Waals surface area contributed by atoms with Gasteiger partial charge in [-0.15, -0.1) is 0 Å². The maximum atomic E-state index is 12.5. The van der Waals surface area contributed by atoms with Crippen LogP contribution in [0.2, 0.25) is 0 Å². The lowest BCUT2D eigenvalue weighted by Crippen LogP contribution is -2.28. The van der Waals surface area contributed by atoms with Gasteiger partial charge in [0, 0.05) is 25.3 Å². The maximum Gasteiger partial charge on any atom is 0.416 e. The van der Waals surface area contributed by atoms with E-state index < -0.39 is 11.7 Å². The zero-order chi connectivity index (χ0) is 18.4. The van der Waals surface area contributed by atoms with Gasteiger partial charge in [-0.25, -0.2) is 0 Å². The minimum atomic E-state index is -4.37. The Morgan fingerprint density at radius 2 is 1.64 bits per heavy atom. The van der Waals surface area contributed by atoms with Crippen LogP contribution in [0.15, 0.2) is 48.5 Å². The van der Waals surface area contributed by atoms with Gasteiger partial charge in [-0.3, -0.25) is 4.79 Å². The molecule has 134 valence electrons. The van der Waals surface area contributed by atoms with Crippen LogP contribution in [0, 0.1) is 0 Å². The third kappa shape index (κ3) is 5.41. The first-order valence-electron chi connectivity index (χ1n) is 7.63. The number of benzene rings is 2. The van der Waals surface area contributed by atoms with Crippen LogP contribution in [-0.4, -0.2) is 33.2 Å². The van der Waals surface area contributed by atoms with Gasteiger partial charge in [-0.05, 0) is 48.5 Å². The van der Waals surface area contributed by atoms with E-state index in [4.69, 9.17) is 4.74 Å². The number of carbonyl (C=O) groups excluding carboxylic acids is 1. The van der Waals surface area contributed by atoms with Gasteiger partial charge in [0.2, 0.25) is 0 Å². The third-order valence-electron chi connectivity index (χ3n) is 3.48. The van der Waals surface area contributed by atoms with Crippen molar-refractivity contribution in [1.82, 2.24) is 5.32 Å². The van der Waals surface area contributed by atoms with E-state index in [1.54, 1.807) is 12.1 Å². The standard InChI is InChI=1S/C18H19F3N2O2/c1-23(2)15-7-3-13(4-8-15)17(24)22-11-12-25-16-9-5-14(6-10-16)18(19,20)21/h3-10H,11-12H2,1-2H3,(H,22,24). The van der Waals surface area contributed by atoms with E-state index >= 15 is 0 Å². The van der Waals surface area contributed by atoms with Crippen molar-refractivity contribution in [1.29, 1.82) is 0 Å². The van der Waals surface area contributed by atoms with E-state index in [0.29, 0.717) is 11.3 Å². The van der Waals surface area contributed by atoms with Gasteiger partial charge in [0.1, 0.15) is 12.4 Å². The Labute approximate surface area is 144 Å². The molecule has 2 rings (SSSR count). The summed E-state index contributed by atoms with van der Waals surface area (Å²) in [5, 5.41) is 2.70. The number of carbonyl (C=O) groups is 1. The van der Waals surface area contributed by atoms with Crippen molar-refractivity contribution in [3.8, 4) is 5.75 Å². The average molecular weight is 352 g/mol. The van der Waals surface area contributed by atoms with Crippen molar-refractivity contribution in [3.05, 3.63) is 59.7 Å². The maximum absolute atomic E-state index is 12.5. The average Bonchev–Trinajstić information content (AvgIpc) is 2.58.